The molecule has 0 bridgehead atoms. The van der Waals surface area contributed by atoms with Gasteiger partial charge in [-0.3, -0.25) is 4.90 Å². The quantitative estimate of drug-likeness (QED) is 0.800. The zero-order valence-corrected chi connectivity index (χ0v) is 10.7. The molecule has 0 saturated carbocycles. The molecule has 0 aliphatic heterocycles. The van der Waals surface area contributed by atoms with E-state index in [1.54, 1.807) is 0 Å². The van der Waals surface area contributed by atoms with E-state index >= 15 is 0 Å². The van der Waals surface area contributed by atoms with Gasteiger partial charge in [0.2, 0.25) is 0 Å². The highest BCUT2D eigenvalue weighted by molar-refractivity contribution is 6.31. The summed E-state index contributed by atoms with van der Waals surface area (Å²) in [6.07, 6.45) is 0. The Morgan fingerprint density at radius 1 is 1.50 bits per heavy atom. The zero-order valence-electron chi connectivity index (χ0n) is 9.91. The highest BCUT2D eigenvalue weighted by atomic mass is 35.5. The first-order chi connectivity index (χ1) is 7.56. The second-order valence-electron chi connectivity index (χ2n) is 4.07. The molecule has 0 fully saturated rings. The van der Waals surface area contributed by atoms with Gasteiger partial charge >= 0.3 is 0 Å². The summed E-state index contributed by atoms with van der Waals surface area (Å²) in [5, 5.41) is 0.806. The van der Waals surface area contributed by atoms with E-state index in [4.69, 9.17) is 17.3 Å². The van der Waals surface area contributed by atoms with E-state index in [1.165, 1.54) is 0 Å². The average molecular weight is 239 g/mol. The summed E-state index contributed by atoms with van der Waals surface area (Å²) in [5.74, 6) is 0. The van der Waals surface area contributed by atoms with Crippen molar-refractivity contribution in [1.82, 2.24) is 4.90 Å². The molecule has 0 spiro atoms. The lowest BCUT2D eigenvalue weighted by atomic mass is 10.1. The minimum Gasteiger partial charge on any atom is -0.327 e. The van der Waals surface area contributed by atoms with E-state index in [9.17, 15) is 0 Å². The number of likely N-dealkylation sites (N-methyl/N-ethyl adjacent to an activating group) is 1. The minimum atomic E-state index is 0.261. The third kappa shape index (κ3) is 3.34. The molecule has 2 nitrogen and oxygen atoms in total. The van der Waals surface area contributed by atoms with Gasteiger partial charge in [-0.25, -0.2) is 0 Å². The molecule has 0 radical (unpaired) electrons. The Hall–Kier alpha value is -0.830. The van der Waals surface area contributed by atoms with E-state index in [0.717, 1.165) is 22.7 Å². The lowest BCUT2D eigenvalue weighted by Gasteiger charge is -2.26. The molecule has 0 saturated heterocycles. The van der Waals surface area contributed by atoms with Gasteiger partial charge < -0.3 is 5.73 Å². The van der Waals surface area contributed by atoms with Gasteiger partial charge in [0.15, 0.2) is 0 Å². The number of benzene rings is 1. The monoisotopic (exact) mass is 238 g/mol. The van der Waals surface area contributed by atoms with Crippen molar-refractivity contribution < 1.29 is 0 Å². The minimum absolute atomic E-state index is 0.261. The lowest BCUT2D eigenvalue weighted by molar-refractivity contribution is 0.283. The molecule has 0 aromatic heterocycles. The SMILES string of the molecule is C=C(CN)CN(C)C(C)c1ccccc1Cl. The summed E-state index contributed by atoms with van der Waals surface area (Å²) in [5.41, 5.74) is 7.70. The molecule has 0 heterocycles. The van der Waals surface area contributed by atoms with Crippen molar-refractivity contribution in [3.63, 3.8) is 0 Å². The van der Waals surface area contributed by atoms with Crippen molar-refractivity contribution in [3.05, 3.63) is 47.0 Å². The molecular formula is C13H19ClN2. The Morgan fingerprint density at radius 3 is 2.69 bits per heavy atom. The molecule has 16 heavy (non-hydrogen) atoms. The first kappa shape index (κ1) is 13.2. The number of hydrogen-bond acceptors (Lipinski definition) is 2. The van der Waals surface area contributed by atoms with Gasteiger partial charge in [0.1, 0.15) is 0 Å². The van der Waals surface area contributed by atoms with Gasteiger partial charge in [0.25, 0.3) is 0 Å². The number of hydrogen-bond donors (Lipinski definition) is 1. The van der Waals surface area contributed by atoms with Crippen LogP contribution in [0.3, 0.4) is 0 Å². The normalized spacial score (nSPS) is 12.8. The molecule has 0 aliphatic rings. The largest absolute Gasteiger partial charge is 0.327 e. The van der Waals surface area contributed by atoms with Crippen molar-refractivity contribution in [2.45, 2.75) is 13.0 Å². The number of rotatable bonds is 5. The summed E-state index contributed by atoms with van der Waals surface area (Å²) >= 11 is 6.16. The van der Waals surface area contributed by atoms with E-state index in [-0.39, 0.29) is 6.04 Å². The van der Waals surface area contributed by atoms with E-state index in [0.29, 0.717) is 6.54 Å². The van der Waals surface area contributed by atoms with Crippen LogP contribution in [0.5, 0.6) is 0 Å². The van der Waals surface area contributed by atoms with Gasteiger partial charge in [-0.05, 0) is 31.2 Å². The van der Waals surface area contributed by atoms with E-state index < -0.39 is 0 Å². The van der Waals surface area contributed by atoms with Crippen LogP contribution in [0.2, 0.25) is 5.02 Å². The van der Waals surface area contributed by atoms with Crippen LogP contribution in [-0.4, -0.2) is 25.0 Å². The molecule has 1 aromatic rings. The molecule has 0 aliphatic carbocycles. The molecule has 2 N–H and O–H groups in total. The molecule has 1 rings (SSSR count). The first-order valence-electron chi connectivity index (χ1n) is 5.37. The van der Waals surface area contributed by atoms with Crippen molar-refractivity contribution in [1.29, 1.82) is 0 Å². The van der Waals surface area contributed by atoms with Crippen LogP contribution in [0, 0.1) is 0 Å². The molecule has 3 heteroatoms. The fourth-order valence-corrected chi connectivity index (χ4v) is 1.90. The summed E-state index contributed by atoms with van der Waals surface area (Å²) in [7, 11) is 2.05. The predicted molar refractivity (Wildman–Crippen MR) is 70.7 cm³/mol. The fraction of sp³-hybridized carbons (Fsp3) is 0.385. The Balaban J connectivity index is 2.74. The van der Waals surface area contributed by atoms with Crippen LogP contribution in [-0.2, 0) is 0 Å². The Kier molecular flexibility index (Phi) is 5.00. The third-order valence-electron chi connectivity index (χ3n) is 2.78. The van der Waals surface area contributed by atoms with Gasteiger partial charge in [-0.15, -0.1) is 0 Å². The zero-order chi connectivity index (χ0) is 12.1. The smallest absolute Gasteiger partial charge is 0.0453 e. The van der Waals surface area contributed by atoms with Crippen LogP contribution in [0.4, 0.5) is 0 Å². The Morgan fingerprint density at radius 2 is 2.12 bits per heavy atom. The van der Waals surface area contributed by atoms with Crippen molar-refractivity contribution in [3.8, 4) is 0 Å². The standard InChI is InChI=1S/C13H19ClN2/c1-10(8-15)9-16(3)11(2)12-6-4-5-7-13(12)14/h4-7,11H,1,8-9,15H2,2-3H3. The fourth-order valence-electron chi connectivity index (χ4n) is 1.61. The Bertz CT molecular complexity index is 363. The molecule has 88 valence electrons. The topological polar surface area (TPSA) is 29.3 Å². The molecule has 0 amide bonds. The van der Waals surface area contributed by atoms with Gasteiger partial charge in [0.05, 0.1) is 0 Å². The summed E-state index contributed by atoms with van der Waals surface area (Å²) < 4.78 is 0. The second-order valence-corrected chi connectivity index (χ2v) is 4.47. The van der Waals surface area contributed by atoms with Gasteiger partial charge in [-0.1, -0.05) is 36.4 Å². The van der Waals surface area contributed by atoms with Crippen LogP contribution in [0.25, 0.3) is 0 Å². The number of nitrogens with two attached hydrogens (primary N) is 1. The maximum Gasteiger partial charge on any atom is 0.0453 e. The number of nitrogens with zero attached hydrogens (tertiary/aromatic N) is 1. The maximum atomic E-state index is 6.16. The van der Waals surface area contributed by atoms with Crippen LogP contribution < -0.4 is 5.73 Å². The van der Waals surface area contributed by atoms with E-state index in [2.05, 4.69) is 31.5 Å². The summed E-state index contributed by atoms with van der Waals surface area (Å²) in [6, 6.07) is 8.17. The van der Waals surface area contributed by atoms with Crippen molar-refractivity contribution in [2.75, 3.05) is 20.1 Å². The van der Waals surface area contributed by atoms with Crippen LogP contribution in [0.15, 0.2) is 36.4 Å². The third-order valence-corrected chi connectivity index (χ3v) is 3.12. The van der Waals surface area contributed by atoms with Crippen LogP contribution >= 0.6 is 11.6 Å². The number of halogens is 1. The van der Waals surface area contributed by atoms with Crippen molar-refractivity contribution in [2.24, 2.45) is 5.73 Å². The summed E-state index contributed by atoms with van der Waals surface area (Å²) in [4.78, 5) is 2.19. The van der Waals surface area contributed by atoms with Crippen molar-refractivity contribution >= 4 is 11.6 Å². The first-order valence-corrected chi connectivity index (χ1v) is 5.75. The Labute approximate surface area is 103 Å². The highest BCUT2D eigenvalue weighted by Gasteiger charge is 2.14. The molecule has 1 aromatic carbocycles. The lowest BCUT2D eigenvalue weighted by Crippen LogP contribution is -2.26. The van der Waals surface area contributed by atoms with Gasteiger partial charge in [-0.2, -0.15) is 0 Å². The predicted octanol–water partition coefficient (Wildman–Crippen LogP) is 2.85. The maximum absolute atomic E-state index is 6.16. The summed E-state index contributed by atoms with van der Waals surface area (Å²) in [6.45, 7) is 7.36. The average Bonchev–Trinajstić information content (AvgIpc) is 2.28. The molecular weight excluding hydrogens is 220 g/mol. The molecule has 1 atom stereocenters. The van der Waals surface area contributed by atoms with Crippen LogP contribution in [0.1, 0.15) is 18.5 Å². The van der Waals surface area contributed by atoms with Gasteiger partial charge in [0, 0.05) is 24.2 Å². The van der Waals surface area contributed by atoms with E-state index in [1.807, 2.05) is 18.2 Å². The second kappa shape index (κ2) is 6.04. The highest BCUT2D eigenvalue weighted by Crippen LogP contribution is 2.26. The molecule has 1 unspecified atom stereocenters.